The van der Waals surface area contributed by atoms with E-state index in [1.54, 1.807) is 12.1 Å². The highest BCUT2D eigenvalue weighted by molar-refractivity contribution is 5.85. The Morgan fingerprint density at radius 1 is 0.730 bits per heavy atom. The van der Waals surface area contributed by atoms with E-state index in [-0.39, 0.29) is 11.1 Å². The largest absolute Gasteiger partial charge is 0.432 e. The Bertz CT molecular complexity index is 1410. The number of rotatable bonds is 9. The number of fused-ring (bicyclic) bond motifs is 1. The lowest BCUT2D eigenvalue weighted by molar-refractivity contribution is -0.0521. The van der Waals surface area contributed by atoms with Crippen LogP contribution in [0.2, 0.25) is 0 Å². The maximum atomic E-state index is 15.1. The molecule has 1 nitrogen and oxygen atoms in total. The monoisotopic (exact) mass is 504 g/mol. The quantitative estimate of drug-likeness (QED) is 0.126. The molecule has 0 heterocycles. The van der Waals surface area contributed by atoms with Crippen molar-refractivity contribution in [3.8, 4) is 17.6 Å². The molecule has 0 saturated carbocycles. The van der Waals surface area contributed by atoms with Gasteiger partial charge in [0.15, 0.2) is 11.6 Å². The van der Waals surface area contributed by atoms with Gasteiger partial charge in [0.1, 0.15) is 5.82 Å². The van der Waals surface area contributed by atoms with Crippen molar-refractivity contribution in [1.82, 2.24) is 0 Å². The molecule has 0 spiro atoms. The lowest BCUT2D eigenvalue weighted by Crippen LogP contribution is -2.03. The number of halogens is 4. The van der Waals surface area contributed by atoms with E-state index in [4.69, 9.17) is 0 Å². The van der Waals surface area contributed by atoms with Gasteiger partial charge in [0.25, 0.3) is 0 Å². The number of ether oxygens (including phenoxy) is 1. The molecule has 0 aromatic heterocycles. The summed E-state index contributed by atoms with van der Waals surface area (Å²) >= 11 is 0. The van der Waals surface area contributed by atoms with Crippen molar-refractivity contribution in [2.75, 3.05) is 0 Å². The van der Waals surface area contributed by atoms with Gasteiger partial charge in [-0.2, -0.15) is 8.78 Å². The van der Waals surface area contributed by atoms with Crippen molar-refractivity contribution in [2.24, 2.45) is 0 Å². The fourth-order valence-electron chi connectivity index (χ4n) is 4.24. The normalized spacial score (nSPS) is 11.0. The van der Waals surface area contributed by atoms with E-state index in [9.17, 15) is 13.2 Å². The Balaban J connectivity index is 1.43. The Morgan fingerprint density at radius 2 is 1.43 bits per heavy atom. The van der Waals surface area contributed by atoms with Crippen LogP contribution in [0.5, 0.6) is 5.75 Å². The van der Waals surface area contributed by atoms with Gasteiger partial charge in [0.05, 0.1) is 5.56 Å². The molecule has 0 amide bonds. The van der Waals surface area contributed by atoms with Gasteiger partial charge in [-0.05, 0) is 72.0 Å². The second-order valence-electron chi connectivity index (χ2n) is 9.03. The van der Waals surface area contributed by atoms with Crippen LogP contribution in [0.3, 0.4) is 0 Å². The average Bonchev–Trinajstić information content (AvgIpc) is 2.89. The van der Waals surface area contributed by atoms with E-state index in [1.807, 2.05) is 18.2 Å². The Kier molecular flexibility index (Phi) is 8.85. The third-order valence-corrected chi connectivity index (χ3v) is 6.30. The molecule has 0 fully saturated rings. The number of alkyl halides is 2. The first-order valence-electron chi connectivity index (χ1n) is 12.5. The van der Waals surface area contributed by atoms with Gasteiger partial charge in [0.2, 0.25) is 0 Å². The van der Waals surface area contributed by atoms with Crippen molar-refractivity contribution in [3.05, 3.63) is 112 Å². The maximum Gasteiger partial charge on any atom is 0.387 e. The SMILES string of the molecule is CCCCCc1ccc(CCc2ccc3c(F)c(C#Cc4ccc(OC(F)F)c(F)c4)ccc3c2)cc1. The third kappa shape index (κ3) is 7.13. The van der Waals surface area contributed by atoms with E-state index >= 15 is 4.39 Å². The summed E-state index contributed by atoms with van der Waals surface area (Å²) in [6.07, 6.45) is 6.59. The molecule has 37 heavy (non-hydrogen) atoms. The summed E-state index contributed by atoms with van der Waals surface area (Å²) in [6.45, 7) is -0.910. The first-order valence-corrected chi connectivity index (χ1v) is 12.5. The summed E-state index contributed by atoms with van der Waals surface area (Å²) in [5.74, 6) is 3.42. The topological polar surface area (TPSA) is 9.23 Å². The van der Waals surface area contributed by atoms with Crippen molar-refractivity contribution >= 4 is 10.8 Å². The van der Waals surface area contributed by atoms with E-state index < -0.39 is 24.0 Å². The second-order valence-corrected chi connectivity index (χ2v) is 9.03. The van der Waals surface area contributed by atoms with Crippen LogP contribution in [0.1, 0.15) is 54.0 Å². The lowest BCUT2D eigenvalue weighted by atomic mass is 9.98. The highest BCUT2D eigenvalue weighted by Crippen LogP contribution is 2.24. The van der Waals surface area contributed by atoms with Crippen LogP contribution in [-0.4, -0.2) is 6.61 Å². The number of benzene rings is 4. The number of hydrogen-bond acceptors (Lipinski definition) is 1. The Morgan fingerprint density at radius 3 is 2.14 bits per heavy atom. The molecule has 0 aliphatic rings. The van der Waals surface area contributed by atoms with Crippen LogP contribution in [0.25, 0.3) is 10.8 Å². The second kappa shape index (κ2) is 12.5. The van der Waals surface area contributed by atoms with Gasteiger partial charge in [-0.3, -0.25) is 0 Å². The summed E-state index contributed by atoms with van der Waals surface area (Å²) < 4.78 is 57.7. The van der Waals surface area contributed by atoms with Gasteiger partial charge >= 0.3 is 6.61 Å². The molecule has 4 aromatic rings. The summed E-state index contributed by atoms with van der Waals surface area (Å²) in [5.41, 5.74) is 4.18. The van der Waals surface area contributed by atoms with Crippen LogP contribution in [0.15, 0.2) is 72.8 Å². The summed E-state index contributed by atoms with van der Waals surface area (Å²) in [6, 6.07) is 21.3. The van der Waals surface area contributed by atoms with Crippen LogP contribution in [0, 0.1) is 23.5 Å². The molecule has 0 radical (unpaired) electrons. The van der Waals surface area contributed by atoms with Gasteiger partial charge in [0, 0.05) is 10.9 Å². The zero-order chi connectivity index (χ0) is 26.2. The molecular formula is C32H28F4O. The molecule has 5 heteroatoms. The standard InChI is InChI=1S/C32H28F4O/c1-2-3-4-5-22-6-8-23(9-7-22)10-11-24-13-18-28-27(20-24)17-16-26(31(28)34)15-12-25-14-19-30(29(33)21-25)37-32(35)36/h6-9,13-14,16-21,32H,2-5,10-11H2,1H3. The highest BCUT2D eigenvalue weighted by atomic mass is 19.3. The summed E-state index contributed by atoms with van der Waals surface area (Å²) in [4.78, 5) is 0. The average molecular weight is 505 g/mol. The van der Waals surface area contributed by atoms with E-state index in [0.29, 0.717) is 5.39 Å². The zero-order valence-corrected chi connectivity index (χ0v) is 20.7. The molecule has 0 atom stereocenters. The van der Waals surface area contributed by atoms with Crippen molar-refractivity contribution in [1.29, 1.82) is 0 Å². The zero-order valence-electron chi connectivity index (χ0n) is 20.7. The number of aryl methyl sites for hydroxylation is 3. The third-order valence-electron chi connectivity index (χ3n) is 6.30. The molecule has 0 N–H and O–H groups in total. The van der Waals surface area contributed by atoms with Gasteiger partial charge < -0.3 is 4.74 Å². The summed E-state index contributed by atoms with van der Waals surface area (Å²) in [5, 5.41) is 1.24. The summed E-state index contributed by atoms with van der Waals surface area (Å²) in [7, 11) is 0. The molecule has 0 bridgehead atoms. The molecular weight excluding hydrogens is 476 g/mol. The minimum atomic E-state index is -3.12. The predicted octanol–water partition coefficient (Wildman–Crippen LogP) is 8.64. The fourth-order valence-corrected chi connectivity index (χ4v) is 4.24. The molecule has 0 unspecified atom stereocenters. The van der Waals surface area contributed by atoms with E-state index in [0.717, 1.165) is 42.3 Å². The predicted molar refractivity (Wildman–Crippen MR) is 140 cm³/mol. The van der Waals surface area contributed by atoms with Gasteiger partial charge in [-0.1, -0.05) is 80.1 Å². The number of unbranched alkanes of at least 4 members (excludes halogenated alkanes) is 2. The molecule has 0 aliphatic carbocycles. The van der Waals surface area contributed by atoms with Gasteiger partial charge in [-0.25, -0.2) is 8.78 Å². The molecule has 0 aliphatic heterocycles. The van der Waals surface area contributed by atoms with Crippen LogP contribution in [0.4, 0.5) is 17.6 Å². The van der Waals surface area contributed by atoms with E-state index in [2.05, 4.69) is 47.8 Å². The highest BCUT2D eigenvalue weighted by Gasteiger charge is 2.10. The van der Waals surface area contributed by atoms with Crippen LogP contribution < -0.4 is 4.74 Å². The van der Waals surface area contributed by atoms with Gasteiger partial charge in [-0.15, -0.1) is 0 Å². The molecule has 4 aromatic carbocycles. The Labute approximate surface area is 215 Å². The van der Waals surface area contributed by atoms with Crippen molar-refractivity contribution in [2.45, 2.75) is 52.1 Å². The molecule has 4 rings (SSSR count). The van der Waals surface area contributed by atoms with Crippen molar-refractivity contribution in [3.63, 3.8) is 0 Å². The Hall–Kier alpha value is -3.78. The minimum Gasteiger partial charge on any atom is -0.432 e. The lowest BCUT2D eigenvalue weighted by Gasteiger charge is -2.07. The smallest absolute Gasteiger partial charge is 0.387 e. The molecule has 0 saturated heterocycles. The van der Waals surface area contributed by atoms with E-state index in [1.165, 1.54) is 36.5 Å². The molecule has 190 valence electrons. The van der Waals surface area contributed by atoms with Crippen LogP contribution in [-0.2, 0) is 19.3 Å². The first-order chi connectivity index (χ1) is 17.9. The number of hydrogen-bond donors (Lipinski definition) is 0. The fraction of sp³-hybridized carbons (Fsp3) is 0.250. The van der Waals surface area contributed by atoms with Crippen molar-refractivity contribution < 1.29 is 22.3 Å². The minimum absolute atomic E-state index is 0.174. The first kappa shape index (κ1) is 26.3. The van der Waals surface area contributed by atoms with Crippen LogP contribution >= 0.6 is 0 Å². The maximum absolute atomic E-state index is 15.1.